The molecule has 0 aromatic rings. The van der Waals surface area contributed by atoms with Gasteiger partial charge < -0.3 is 4.90 Å². The van der Waals surface area contributed by atoms with Gasteiger partial charge in [-0.25, -0.2) is 0 Å². The standard InChI is InChI=1S/C14H22N2O/c1-13(2)6-4-11(5-7-13)16(3)12(17)14(10-15)8-9-14/h11H,4-9H2,1-3H3. The Hall–Kier alpha value is -1.04. The van der Waals surface area contributed by atoms with E-state index in [0.717, 1.165) is 25.7 Å². The van der Waals surface area contributed by atoms with Gasteiger partial charge in [-0.3, -0.25) is 4.79 Å². The third kappa shape index (κ3) is 2.31. The first-order chi connectivity index (χ1) is 7.90. The van der Waals surface area contributed by atoms with Crippen LogP contribution < -0.4 is 0 Å². The highest BCUT2D eigenvalue weighted by atomic mass is 16.2. The van der Waals surface area contributed by atoms with Crippen molar-refractivity contribution in [2.75, 3.05) is 7.05 Å². The third-order valence-electron chi connectivity index (χ3n) is 4.55. The summed E-state index contributed by atoms with van der Waals surface area (Å²) in [6.07, 6.45) is 6.02. The summed E-state index contributed by atoms with van der Waals surface area (Å²) in [6, 6.07) is 2.55. The second-order valence-electron chi connectivity index (χ2n) is 6.51. The van der Waals surface area contributed by atoms with Gasteiger partial charge in [0.05, 0.1) is 6.07 Å². The van der Waals surface area contributed by atoms with Gasteiger partial charge in [-0.15, -0.1) is 0 Å². The molecule has 0 aromatic heterocycles. The minimum Gasteiger partial charge on any atom is -0.341 e. The lowest BCUT2D eigenvalue weighted by atomic mass is 9.75. The van der Waals surface area contributed by atoms with E-state index < -0.39 is 5.41 Å². The van der Waals surface area contributed by atoms with Crippen molar-refractivity contribution in [2.45, 2.75) is 58.4 Å². The summed E-state index contributed by atoms with van der Waals surface area (Å²) in [7, 11) is 1.88. The zero-order valence-electron chi connectivity index (χ0n) is 11.1. The molecule has 2 aliphatic rings. The average molecular weight is 234 g/mol. The van der Waals surface area contributed by atoms with E-state index in [0.29, 0.717) is 11.5 Å². The average Bonchev–Trinajstić information content (AvgIpc) is 3.08. The summed E-state index contributed by atoms with van der Waals surface area (Å²) in [4.78, 5) is 14.1. The van der Waals surface area contributed by atoms with Gasteiger partial charge in [0.15, 0.2) is 0 Å². The number of rotatable bonds is 2. The molecule has 0 aliphatic heterocycles. The van der Waals surface area contributed by atoms with E-state index >= 15 is 0 Å². The fourth-order valence-corrected chi connectivity index (χ4v) is 2.77. The van der Waals surface area contributed by atoms with Crippen molar-refractivity contribution in [2.24, 2.45) is 10.8 Å². The predicted molar refractivity (Wildman–Crippen MR) is 66.1 cm³/mol. The molecule has 3 nitrogen and oxygen atoms in total. The Morgan fingerprint density at radius 1 is 1.24 bits per heavy atom. The molecule has 0 saturated heterocycles. The fourth-order valence-electron chi connectivity index (χ4n) is 2.77. The summed E-state index contributed by atoms with van der Waals surface area (Å²) < 4.78 is 0. The number of amides is 1. The number of hydrogen-bond donors (Lipinski definition) is 0. The van der Waals surface area contributed by atoms with Crippen molar-refractivity contribution < 1.29 is 4.79 Å². The lowest BCUT2D eigenvalue weighted by Gasteiger charge is -2.39. The Labute approximate surface area is 104 Å². The second kappa shape index (κ2) is 4.01. The van der Waals surface area contributed by atoms with Crippen LogP contribution in [0.15, 0.2) is 0 Å². The minimum atomic E-state index is -0.651. The summed E-state index contributed by atoms with van der Waals surface area (Å²) >= 11 is 0. The van der Waals surface area contributed by atoms with E-state index in [9.17, 15) is 4.79 Å². The topological polar surface area (TPSA) is 44.1 Å². The maximum atomic E-state index is 12.2. The van der Waals surface area contributed by atoms with Crippen LogP contribution in [0.5, 0.6) is 0 Å². The molecule has 0 heterocycles. The van der Waals surface area contributed by atoms with Gasteiger partial charge in [0.2, 0.25) is 5.91 Å². The number of nitriles is 1. The largest absolute Gasteiger partial charge is 0.341 e. The zero-order valence-corrected chi connectivity index (χ0v) is 11.1. The van der Waals surface area contributed by atoms with Crippen LogP contribution >= 0.6 is 0 Å². The molecule has 0 aromatic carbocycles. The Kier molecular flexibility index (Phi) is 2.93. The van der Waals surface area contributed by atoms with Gasteiger partial charge in [-0.05, 0) is 43.9 Å². The first kappa shape index (κ1) is 12.4. The van der Waals surface area contributed by atoms with Crippen molar-refractivity contribution >= 4 is 5.91 Å². The van der Waals surface area contributed by atoms with Crippen molar-refractivity contribution in [1.82, 2.24) is 4.90 Å². The number of carbonyl (C=O) groups excluding carboxylic acids is 1. The van der Waals surface area contributed by atoms with Crippen molar-refractivity contribution in [3.8, 4) is 6.07 Å². The van der Waals surface area contributed by atoms with E-state index in [-0.39, 0.29) is 5.91 Å². The van der Waals surface area contributed by atoms with E-state index in [2.05, 4.69) is 19.9 Å². The Balaban J connectivity index is 1.96. The lowest BCUT2D eigenvalue weighted by Crippen LogP contribution is -2.44. The highest BCUT2D eigenvalue weighted by Gasteiger charge is 2.53. The number of carbonyl (C=O) groups is 1. The molecular formula is C14H22N2O. The highest BCUT2D eigenvalue weighted by molar-refractivity contribution is 5.88. The van der Waals surface area contributed by atoms with E-state index in [1.54, 1.807) is 0 Å². The van der Waals surface area contributed by atoms with Crippen LogP contribution in [0.1, 0.15) is 52.4 Å². The van der Waals surface area contributed by atoms with E-state index in [1.807, 2.05) is 11.9 Å². The fraction of sp³-hybridized carbons (Fsp3) is 0.857. The first-order valence-corrected chi connectivity index (χ1v) is 6.59. The van der Waals surface area contributed by atoms with E-state index in [4.69, 9.17) is 5.26 Å². The van der Waals surface area contributed by atoms with Crippen LogP contribution in [-0.4, -0.2) is 23.9 Å². The highest BCUT2D eigenvalue weighted by Crippen LogP contribution is 2.47. The lowest BCUT2D eigenvalue weighted by molar-refractivity contribution is -0.136. The maximum absolute atomic E-state index is 12.2. The van der Waals surface area contributed by atoms with Crippen molar-refractivity contribution in [3.05, 3.63) is 0 Å². The SMILES string of the molecule is CN(C(=O)C1(C#N)CC1)C1CCC(C)(C)CC1. The smallest absolute Gasteiger partial charge is 0.243 e. The van der Waals surface area contributed by atoms with Crippen LogP contribution in [0.2, 0.25) is 0 Å². The zero-order chi connectivity index (χ0) is 12.7. The van der Waals surface area contributed by atoms with Crippen molar-refractivity contribution in [1.29, 1.82) is 5.26 Å². The molecule has 0 atom stereocenters. The normalized spacial score (nSPS) is 26.0. The second-order valence-corrected chi connectivity index (χ2v) is 6.51. The van der Waals surface area contributed by atoms with Crippen LogP contribution in [0.4, 0.5) is 0 Å². The van der Waals surface area contributed by atoms with Crippen LogP contribution in [-0.2, 0) is 4.79 Å². The van der Waals surface area contributed by atoms with Gasteiger partial charge in [-0.1, -0.05) is 13.8 Å². The van der Waals surface area contributed by atoms with E-state index in [1.165, 1.54) is 12.8 Å². The molecule has 0 unspecified atom stereocenters. The predicted octanol–water partition coefficient (Wildman–Crippen LogP) is 2.72. The molecule has 0 spiro atoms. The van der Waals surface area contributed by atoms with Gasteiger partial charge in [0, 0.05) is 13.1 Å². The molecule has 1 amide bonds. The molecule has 0 N–H and O–H groups in total. The molecule has 94 valence electrons. The molecular weight excluding hydrogens is 212 g/mol. The summed E-state index contributed by atoms with van der Waals surface area (Å²) in [5, 5.41) is 9.06. The molecule has 3 heteroatoms. The monoisotopic (exact) mass is 234 g/mol. The Bertz CT molecular complexity index is 353. The van der Waals surface area contributed by atoms with Crippen LogP contribution in [0.25, 0.3) is 0 Å². The summed E-state index contributed by atoms with van der Waals surface area (Å²) in [5.74, 6) is 0.0599. The maximum Gasteiger partial charge on any atom is 0.243 e. The minimum absolute atomic E-state index is 0.0599. The van der Waals surface area contributed by atoms with Gasteiger partial charge in [0.25, 0.3) is 0 Å². The Morgan fingerprint density at radius 3 is 2.18 bits per heavy atom. The van der Waals surface area contributed by atoms with Crippen molar-refractivity contribution in [3.63, 3.8) is 0 Å². The molecule has 2 aliphatic carbocycles. The third-order valence-corrected chi connectivity index (χ3v) is 4.55. The quantitative estimate of drug-likeness (QED) is 0.737. The molecule has 0 bridgehead atoms. The molecule has 17 heavy (non-hydrogen) atoms. The first-order valence-electron chi connectivity index (χ1n) is 6.59. The molecule has 2 rings (SSSR count). The van der Waals surface area contributed by atoms with Gasteiger partial charge in [-0.2, -0.15) is 5.26 Å². The molecule has 2 fully saturated rings. The number of hydrogen-bond acceptors (Lipinski definition) is 2. The summed E-state index contributed by atoms with van der Waals surface area (Å²) in [6.45, 7) is 4.59. The Morgan fingerprint density at radius 2 is 1.76 bits per heavy atom. The molecule has 2 saturated carbocycles. The number of nitrogens with zero attached hydrogens (tertiary/aromatic N) is 2. The molecule has 0 radical (unpaired) electrons. The van der Waals surface area contributed by atoms with Crippen LogP contribution in [0, 0.1) is 22.2 Å². The van der Waals surface area contributed by atoms with Gasteiger partial charge >= 0.3 is 0 Å². The summed E-state index contributed by atoms with van der Waals surface area (Å²) in [5.41, 5.74) is -0.228. The van der Waals surface area contributed by atoms with Gasteiger partial charge in [0.1, 0.15) is 5.41 Å². The van der Waals surface area contributed by atoms with Crippen LogP contribution in [0.3, 0.4) is 0 Å².